The molecule has 3 rings (SSSR count). The molecule has 3 N–H and O–H groups in total. The molecule has 2 amide bonds. The maximum atomic E-state index is 12.2. The summed E-state index contributed by atoms with van der Waals surface area (Å²) >= 11 is 2.18. The summed E-state index contributed by atoms with van der Waals surface area (Å²) in [6, 6.07) is 12.4. The highest BCUT2D eigenvalue weighted by atomic mass is 127. The summed E-state index contributed by atoms with van der Waals surface area (Å²) in [6.07, 6.45) is -1.11. The highest BCUT2D eigenvalue weighted by Gasteiger charge is 2.14. The van der Waals surface area contributed by atoms with Crippen molar-refractivity contribution < 1.29 is 14.7 Å². The van der Waals surface area contributed by atoms with Gasteiger partial charge in [0, 0.05) is 21.9 Å². The Kier molecular flexibility index (Phi) is 4.38. The predicted molar refractivity (Wildman–Crippen MR) is 99.6 cm³/mol. The van der Waals surface area contributed by atoms with E-state index in [1.165, 1.54) is 7.05 Å². The van der Waals surface area contributed by atoms with Gasteiger partial charge in [-0.25, -0.2) is 9.78 Å². The first-order chi connectivity index (χ1) is 11.4. The molecule has 0 spiro atoms. The number of fused-ring (bicyclic) bond motifs is 1. The number of nitrogens with one attached hydrogen (secondary N) is 2. The van der Waals surface area contributed by atoms with Crippen LogP contribution in [0.4, 0.5) is 16.4 Å². The zero-order chi connectivity index (χ0) is 17.3. The molecular weight excluding hydrogens is 423 g/mol. The molecule has 0 aliphatic carbocycles. The van der Waals surface area contributed by atoms with Gasteiger partial charge >= 0.3 is 6.09 Å². The summed E-state index contributed by atoms with van der Waals surface area (Å²) in [5.41, 5.74) is 2.41. The average Bonchev–Trinajstić information content (AvgIpc) is 2.97. The van der Waals surface area contributed by atoms with Crippen LogP contribution in [0.5, 0.6) is 0 Å². The largest absolute Gasteiger partial charge is 0.465 e. The average molecular weight is 436 g/mol. The first-order valence-corrected chi connectivity index (χ1v) is 8.05. The minimum atomic E-state index is -1.11. The van der Waals surface area contributed by atoms with E-state index in [9.17, 15) is 9.59 Å². The molecule has 0 fully saturated rings. The number of amides is 2. The van der Waals surface area contributed by atoms with Crippen LogP contribution in [0.1, 0.15) is 10.4 Å². The van der Waals surface area contributed by atoms with Gasteiger partial charge in [-0.2, -0.15) is 0 Å². The molecule has 2 aromatic carbocycles. The Labute approximate surface area is 150 Å². The van der Waals surface area contributed by atoms with E-state index in [1.807, 2.05) is 12.1 Å². The molecule has 0 radical (unpaired) electrons. The Bertz CT molecular complexity index is 921. The third kappa shape index (κ3) is 3.32. The fourth-order valence-corrected chi connectivity index (χ4v) is 2.49. The van der Waals surface area contributed by atoms with Crippen molar-refractivity contribution in [1.29, 1.82) is 0 Å². The second kappa shape index (κ2) is 6.48. The number of carboxylic acid groups (broad SMARTS) is 1. The predicted octanol–water partition coefficient (Wildman–Crippen LogP) is 3.53. The summed E-state index contributed by atoms with van der Waals surface area (Å²) in [7, 11) is 1.40. The van der Waals surface area contributed by atoms with Gasteiger partial charge in [0.15, 0.2) is 0 Å². The van der Waals surface area contributed by atoms with E-state index in [-0.39, 0.29) is 11.9 Å². The van der Waals surface area contributed by atoms with Crippen molar-refractivity contribution in [2.24, 2.45) is 0 Å². The number of carbonyl (C=O) groups excluding carboxylic acids is 1. The van der Waals surface area contributed by atoms with E-state index >= 15 is 0 Å². The second-order valence-electron chi connectivity index (χ2n) is 5.09. The first-order valence-electron chi connectivity index (χ1n) is 6.97. The van der Waals surface area contributed by atoms with Gasteiger partial charge in [-0.05, 0) is 65.1 Å². The zero-order valence-electron chi connectivity index (χ0n) is 12.6. The molecule has 1 heterocycles. The Morgan fingerprint density at radius 1 is 1.21 bits per heavy atom. The van der Waals surface area contributed by atoms with Gasteiger partial charge in [0.2, 0.25) is 5.95 Å². The Hall–Kier alpha value is -2.62. The van der Waals surface area contributed by atoms with Crippen LogP contribution in [0.25, 0.3) is 11.0 Å². The van der Waals surface area contributed by atoms with E-state index in [0.29, 0.717) is 22.3 Å². The van der Waals surface area contributed by atoms with Crippen LogP contribution in [0.3, 0.4) is 0 Å². The van der Waals surface area contributed by atoms with Gasteiger partial charge in [0.05, 0.1) is 11.0 Å². The van der Waals surface area contributed by atoms with E-state index < -0.39 is 6.09 Å². The monoisotopic (exact) mass is 436 g/mol. The van der Waals surface area contributed by atoms with Crippen molar-refractivity contribution in [1.82, 2.24) is 9.97 Å². The number of hydrogen-bond acceptors (Lipinski definition) is 3. The third-order valence-corrected chi connectivity index (χ3v) is 4.16. The Morgan fingerprint density at radius 2 is 1.92 bits per heavy atom. The lowest BCUT2D eigenvalue weighted by atomic mass is 10.2. The maximum Gasteiger partial charge on any atom is 0.413 e. The third-order valence-electron chi connectivity index (χ3n) is 3.44. The van der Waals surface area contributed by atoms with Crippen LogP contribution in [0, 0.1) is 3.57 Å². The molecule has 0 saturated heterocycles. The van der Waals surface area contributed by atoms with Crippen molar-refractivity contribution in [2.45, 2.75) is 0 Å². The standard InChI is InChI=1S/C16H13IN4O3/c1-21(16(23)24)15-19-12-7-6-11(8-13(12)20-15)18-14(22)9-2-4-10(17)5-3-9/h2-8H,1H3,(H,18,22)(H,19,20)(H,23,24). The highest BCUT2D eigenvalue weighted by Crippen LogP contribution is 2.21. The van der Waals surface area contributed by atoms with Crippen LogP contribution in [0.2, 0.25) is 0 Å². The van der Waals surface area contributed by atoms with E-state index in [0.717, 1.165) is 8.47 Å². The van der Waals surface area contributed by atoms with Crippen molar-refractivity contribution in [2.75, 3.05) is 17.3 Å². The molecule has 8 heteroatoms. The Morgan fingerprint density at radius 3 is 2.58 bits per heavy atom. The number of aromatic nitrogens is 2. The molecule has 0 bridgehead atoms. The quantitative estimate of drug-likeness (QED) is 0.548. The van der Waals surface area contributed by atoms with Gasteiger partial charge in [0.25, 0.3) is 5.91 Å². The summed E-state index contributed by atoms with van der Waals surface area (Å²) in [6.45, 7) is 0. The van der Waals surface area contributed by atoms with Gasteiger partial charge in [-0.15, -0.1) is 0 Å². The second-order valence-corrected chi connectivity index (χ2v) is 6.34. The summed E-state index contributed by atoms with van der Waals surface area (Å²) in [4.78, 5) is 31.3. The van der Waals surface area contributed by atoms with Crippen LogP contribution in [0.15, 0.2) is 42.5 Å². The normalized spacial score (nSPS) is 10.6. The number of hydrogen-bond donors (Lipinski definition) is 3. The lowest BCUT2D eigenvalue weighted by Gasteiger charge is -2.07. The van der Waals surface area contributed by atoms with Crippen LogP contribution >= 0.6 is 22.6 Å². The van der Waals surface area contributed by atoms with Crippen molar-refractivity contribution in [3.63, 3.8) is 0 Å². The molecule has 0 saturated carbocycles. The smallest absolute Gasteiger partial charge is 0.413 e. The number of anilines is 2. The number of H-pyrrole nitrogens is 1. The minimum Gasteiger partial charge on any atom is -0.465 e. The number of benzene rings is 2. The molecule has 3 aromatic rings. The van der Waals surface area contributed by atoms with Gasteiger partial charge in [0.1, 0.15) is 0 Å². The summed E-state index contributed by atoms with van der Waals surface area (Å²) in [5, 5.41) is 11.8. The first kappa shape index (κ1) is 16.2. The van der Waals surface area contributed by atoms with Crippen LogP contribution < -0.4 is 10.2 Å². The lowest BCUT2D eigenvalue weighted by molar-refractivity contribution is 0.102. The number of carbonyl (C=O) groups is 2. The van der Waals surface area contributed by atoms with Crippen molar-refractivity contribution >= 4 is 57.3 Å². The number of nitrogens with zero attached hydrogens (tertiary/aromatic N) is 2. The molecule has 0 aliphatic rings. The lowest BCUT2D eigenvalue weighted by Crippen LogP contribution is -2.24. The van der Waals surface area contributed by atoms with Crippen LogP contribution in [-0.2, 0) is 0 Å². The zero-order valence-corrected chi connectivity index (χ0v) is 14.7. The Balaban J connectivity index is 1.84. The van der Waals surface area contributed by atoms with Gasteiger partial charge in [-0.1, -0.05) is 0 Å². The number of imidazole rings is 1. The molecule has 0 aliphatic heterocycles. The summed E-state index contributed by atoms with van der Waals surface area (Å²) in [5.74, 6) is 0.00625. The number of aromatic amines is 1. The summed E-state index contributed by atoms with van der Waals surface area (Å²) < 4.78 is 1.05. The number of halogens is 1. The number of rotatable bonds is 3. The highest BCUT2D eigenvalue weighted by molar-refractivity contribution is 14.1. The molecule has 122 valence electrons. The van der Waals surface area contributed by atoms with E-state index in [4.69, 9.17) is 5.11 Å². The maximum absolute atomic E-state index is 12.2. The van der Waals surface area contributed by atoms with Crippen molar-refractivity contribution in [3.05, 3.63) is 51.6 Å². The molecule has 24 heavy (non-hydrogen) atoms. The SMILES string of the molecule is CN(C(=O)O)c1nc2ccc(NC(=O)c3ccc(I)cc3)cc2[nH]1. The molecule has 0 atom stereocenters. The molecule has 0 unspecified atom stereocenters. The fraction of sp³-hybridized carbons (Fsp3) is 0.0625. The fourth-order valence-electron chi connectivity index (χ4n) is 2.13. The van der Waals surface area contributed by atoms with E-state index in [1.54, 1.807) is 30.3 Å². The molecule has 1 aromatic heterocycles. The topological polar surface area (TPSA) is 98.3 Å². The van der Waals surface area contributed by atoms with Crippen LogP contribution in [-0.4, -0.2) is 34.1 Å². The molecular formula is C16H13IN4O3. The van der Waals surface area contributed by atoms with E-state index in [2.05, 4.69) is 37.9 Å². The minimum absolute atomic E-state index is 0.215. The van der Waals surface area contributed by atoms with Gasteiger partial charge < -0.3 is 15.4 Å². The molecule has 7 nitrogen and oxygen atoms in total. The van der Waals surface area contributed by atoms with Gasteiger partial charge in [-0.3, -0.25) is 9.69 Å². The van der Waals surface area contributed by atoms with Crippen molar-refractivity contribution in [3.8, 4) is 0 Å².